The van der Waals surface area contributed by atoms with Crippen molar-refractivity contribution in [1.82, 2.24) is 4.98 Å². The lowest BCUT2D eigenvalue weighted by Crippen LogP contribution is -2.09. The van der Waals surface area contributed by atoms with Gasteiger partial charge in [-0.25, -0.2) is 4.98 Å². The number of nitriles is 1. The summed E-state index contributed by atoms with van der Waals surface area (Å²) in [5, 5.41) is 15.2. The number of aromatic nitrogens is 1. The molecule has 1 atom stereocenters. The third-order valence-electron chi connectivity index (χ3n) is 2.51. The van der Waals surface area contributed by atoms with Gasteiger partial charge in [0.25, 0.3) is 0 Å². The average Bonchev–Trinajstić information content (AvgIpc) is 2.90. The van der Waals surface area contributed by atoms with E-state index in [0.29, 0.717) is 5.56 Å². The molecule has 1 aromatic carbocycles. The van der Waals surface area contributed by atoms with E-state index < -0.39 is 0 Å². The molecule has 3 nitrogen and oxygen atoms in total. The summed E-state index contributed by atoms with van der Waals surface area (Å²) < 4.78 is 0. The number of thiazole rings is 1. The number of nitrogens with one attached hydrogen (secondary N) is 1. The van der Waals surface area contributed by atoms with Gasteiger partial charge in [0.2, 0.25) is 0 Å². The van der Waals surface area contributed by atoms with Crippen LogP contribution in [0.5, 0.6) is 0 Å². The number of nitrogens with zero attached hydrogens (tertiary/aromatic N) is 2. The van der Waals surface area contributed by atoms with Gasteiger partial charge in [-0.05, 0) is 30.7 Å². The summed E-state index contributed by atoms with van der Waals surface area (Å²) >= 11 is 1.66. The van der Waals surface area contributed by atoms with Gasteiger partial charge >= 0.3 is 0 Å². The lowest BCUT2D eigenvalue weighted by Gasteiger charge is -2.15. The molecule has 2 aromatic rings. The first-order valence-corrected chi connectivity index (χ1v) is 6.37. The van der Waals surface area contributed by atoms with E-state index in [4.69, 9.17) is 5.26 Å². The summed E-state index contributed by atoms with van der Waals surface area (Å²) in [7, 11) is 0. The van der Waals surface area contributed by atoms with Crippen LogP contribution in [-0.2, 0) is 0 Å². The molecule has 1 aromatic heterocycles. The third-order valence-corrected chi connectivity index (χ3v) is 3.40. The van der Waals surface area contributed by atoms with E-state index in [9.17, 15) is 0 Å². The average molecular weight is 243 g/mol. The van der Waals surface area contributed by atoms with Gasteiger partial charge < -0.3 is 5.32 Å². The largest absolute Gasteiger partial charge is 0.376 e. The second-order valence-corrected chi connectivity index (χ2v) is 4.59. The Bertz CT molecular complexity index is 496. The highest BCUT2D eigenvalue weighted by atomic mass is 32.1. The predicted octanol–water partition coefficient (Wildman–Crippen LogP) is 3.58. The molecule has 2 rings (SSSR count). The quantitative estimate of drug-likeness (QED) is 0.892. The van der Waals surface area contributed by atoms with E-state index in [1.54, 1.807) is 11.3 Å². The summed E-state index contributed by atoms with van der Waals surface area (Å²) in [6.45, 7) is 2.13. The molecule has 0 fully saturated rings. The molecule has 0 aliphatic carbocycles. The molecule has 0 saturated carbocycles. The summed E-state index contributed by atoms with van der Waals surface area (Å²) in [5.74, 6) is 0. The fourth-order valence-corrected chi connectivity index (χ4v) is 2.36. The zero-order valence-electron chi connectivity index (χ0n) is 9.55. The Hall–Kier alpha value is -1.86. The minimum absolute atomic E-state index is 0.239. The number of hydrogen-bond donors (Lipinski definition) is 1. The molecule has 0 aliphatic rings. The molecule has 0 aliphatic heterocycles. The lowest BCUT2D eigenvalue weighted by molar-refractivity contribution is 0.742. The minimum Gasteiger partial charge on any atom is -0.376 e. The fraction of sp³-hybridized carbons (Fsp3) is 0.231. The van der Waals surface area contributed by atoms with Crippen molar-refractivity contribution in [1.29, 1.82) is 5.26 Å². The van der Waals surface area contributed by atoms with Gasteiger partial charge in [-0.2, -0.15) is 5.26 Å². The number of rotatable bonds is 4. The van der Waals surface area contributed by atoms with Gasteiger partial charge in [0.1, 0.15) is 5.01 Å². The normalized spacial score (nSPS) is 11.8. The summed E-state index contributed by atoms with van der Waals surface area (Å²) in [4.78, 5) is 4.32. The Morgan fingerprint density at radius 1 is 1.41 bits per heavy atom. The molecule has 0 saturated heterocycles. The zero-order valence-corrected chi connectivity index (χ0v) is 10.4. The van der Waals surface area contributed by atoms with Crippen LogP contribution in [0.4, 0.5) is 5.69 Å². The summed E-state index contributed by atoms with van der Waals surface area (Å²) in [6, 6.07) is 9.83. The Balaban J connectivity index is 2.11. The van der Waals surface area contributed by atoms with Crippen molar-refractivity contribution >= 4 is 17.0 Å². The Labute approximate surface area is 105 Å². The maximum Gasteiger partial charge on any atom is 0.115 e. The second-order valence-electron chi connectivity index (χ2n) is 3.66. The Kier molecular flexibility index (Phi) is 3.73. The third kappa shape index (κ3) is 2.83. The highest BCUT2D eigenvalue weighted by Gasteiger charge is 2.11. The van der Waals surface area contributed by atoms with Crippen LogP contribution in [0.2, 0.25) is 0 Å². The highest BCUT2D eigenvalue weighted by molar-refractivity contribution is 7.09. The Morgan fingerprint density at radius 3 is 2.71 bits per heavy atom. The van der Waals surface area contributed by atoms with Crippen LogP contribution >= 0.6 is 11.3 Å². The SMILES string of the molecule is CCC(Nc1ccc(C#N)cc1)c1nccs1. The van der Waals surface area contributed by atoms with E-state index in [0.717, 1.165) is 17.1 Å². The minimum atomic E-state index is 0.239. The van der Waals surface area contributed by atoms with Gasteiger partial charge in [-0.15, -0.1) is 11.3 Å². The first kappa shape index (κ1) is 11.6. The number of anilines is 1. The van der Waals surface area contributed by atoms with Gasteiger partial charge in [-0.1, -0.05) is 6.92 Å². The van der Waals surface area contributed by atoms with Crippen LogP contribution in [0.3, 0.4) is 0 Å². The topological polar surface area (TPSA) is 48.7 Å². The molecule has 4 heteroatoms. The zero-order chi connectivity index (χ0) is 12.1. The van der Waals surface area contributed by atoms with Crippen LogP contribution < -0.4 is 5.32 Å². The van der Waals surface area contributed by atoms with Crippen LogP contribution in [0.25, 0.3) is 0 Å². The van der Waals surface area contributed by atoms with Gasteiger partial charge in [0.15, 0.2) is 0 Å². The summed E-state index contributed by atoms with van der Waals surface area (Å²) in [5.41, 5.74) is 1.70. The molecule has 0 amide bonds. The fourth-order valence-electron chi connectivity index (χ4n) is 1.59. The molecule has 1 unspecified atom stereocenters. The predicted molar refractivity (Wildman–Crippen MR) is 69.9 cm³/mol. The van der Waals surface area contributed by atoms with Crippen LogP contribution in [-0.4, -0.2) is 4.98 Å². The van der Waals surface area contributed by atoms with Crippen molar-refractivity contribution in [2.45, 2.75) is 19.4 Å². The smallest absolute Gasteiger partial charge is 0.115 e. The van der Waals surface area contributed by atoms with E-state index >= 15 is 0 Å². The molecule has 0 spiro atoms. The maximum absolute atomic E-state index is 8.73. The molecular formula is C13H13N3S. The molecule has 86 valence electrons. The van der Waals surface area contributed by atoms with Crippen molar-refractivity contribution < 1.29 is 0 Å². The molecule has 1 N–H and O–H groups in total. The van der Waals surface area contributed by atoms with E-state index in [1.165, 1.54) is 0 Å². The van der Waals surface area contributed by atoms with Crippen molar-refractivity contribution in [2.24, 2.45) is 0 Å². The first-order valence-electron chi connectivity index (χ1n) is 5.49. The van der Waals surface area contributed by atoms with Crippen LogP contribution in [0.1, 0.15) is 30.0 Å². The van der Waals surface area contributed by atoms with Crippen molar-refractivity contribution in [2.75, 3.05) is 5.32 Å². The highest BCUT2D eigenvalue weighted by Crippen LogP contribution is 2.24. The Morgan fingerprint density at radius 2 is 2.18 bits per heavy atom. The monoisotopic (exact) mass is 243 g/mol. The van der Waals surface area contributed by atoms with Gasteiger partial charge in [0, 0.05) is 17.3 Å². The second kappa shape index (κ2) is 5.46. The van der Waals surface area contributed by atoms with E-state index in [-0.39, 0.29) is 6.04 Å². The molecule has 0 bridgehead atoms. The number of benzene rings is 1. The molecular weight excluding hydrogens is 230 g/mol. The van der Waals surface area contributed by atoms with Crippen molar-refractivity contribution in [3.8, 4) is 6.07 Å². The van der Waals surface area contributed by atoms with Crippen LogP contribution in [0, 0.1) is 11.3 Å². The molecule has 0 radical (unpaired) electrons. The number of hydrogen-bond acceptors (Lipinski definition) is 4. The van der Waals surface area contributed by atoms with E-state index in [1.807, 2.05) is 35.8 Å². The standard InChI is InChI=1S/C13H13N3S/c1-2-12(13-15-7-8-17-13)16-11-5-3-10(9-14)4-6-11/h3-8,12,16H,2H2,1H3. The molecule has 17 heavy (non-hydrogen) atoms. The van der Waals surface area contributed by atoms with Gasteiger partial charge in [0.05, 0.1) is 17.7 Å². The van der Waals surface area contributed by atoms with Crippen molar-refractivity contribution in [3.63, 3.8) is 0 Å². The van der Waals surface area contributed by atoms with Gasteiger partial charge in [-0.3, -0.25) is 0 Å². The van der Waals surface area contributed by atoms with E-state index in [2.05, 4.69) is 23.3 Å². The lowest BCUT2D eigenvalue weighted by atomic mass is 10.2. The van der Waals surface area contributed by atoms with Crippen LogP contribution in [0.15, 0.2) is 35.8 Å². The van der Waals surface area contributed by atoms with Crippen molar-refractivity contribution in [3.05, 3.63) is 46.4 Å². The first-order chi connectivity index (χ1) is 8.33. The molecule has 1 heterocycles. The maximum atomic E-state index is 8.73. The summed E-state index contributed by atoms with van der Waals surface area (Å²) in [6.07, 6.45) is 2.80.